The van der Waals surface area contributed by atoms with Crippen molar-refractivity contribution in [2.24, 2.45) is 0 Å². The Labute approximate surface area is 124 Å². The minimum absolute atomic E-state index is 0.558. The van der Waals surface area contributed by atoms with Crippen LogP contribution < -0.4 is 4.74 Å². The second-order valence-corrected chi connectivity index (χ2v) is 6.45. The Bertz CT molecular complexity index is 427. The van der Waals surface area contributed by atoms with Gasteiger partial charge < -0.3 is 9.64 Å². The van der Waals surface area contributed by atoms with E-state index >= 15 is 0 Å². The van der Waals surface area contributed by atoms with Crippen LogP contribution in [0.3, 0.4) is 0 Å². The zero-order valence-electron chi connectivity index (χ0n) is 13.5. The first-order chi connectivity index (χ1) is 9.58. The predicted molar refractivity (Wildman–Crippen MR) is 85.6 cm³/mol. The van der Waals surface area contributed by atoms with E-state index in [1.807, 2.05) is 0 Å². The molecule has 1 heterocycles. The first-order valence-electron chi connectivity index (χ1n) is 8.01. The lowest BCUT2D eigenvalue weighted by atomic mass is 10.0. The van der Waals surface area contributed by atoms with Crippen LogP contribution in [-0.2, 0) is 0 Å². The molecular weight excluding hydrogens is 246 g/mol. The normalized spacial score (nSPS) is 20.4. The average Bonchev–Trinajstić information content (AvgIpc) is 2.42. The molecule has 112 valence electrons. The summed E-state index contributed by atoms with van der Waals surface area (Å²) in [7, 11) is 2.24. The maximum atomic E-state index is 6.05. The third-order valence-corrected chi connectivity index (χ3v) is 4.51. The number of nitrogens with zero attached hydrogens (tertiary/aromatic N) is 1. The van der Waals surface area contributed by atoms with Crippen molar-refractivity contribution in [3.05, 3.63) is 29.3 Å². The van der Waals surface area contributed by atoms with E-state index in [9.17, 15) is 0 Å². The average molecular weight is 275 g/mol. The second kappa shape index (κ2) is 7.12. The van der Waals surface area contributed by atoms with Crippen LogP contribution in [0.5, 0.6) is 5.75 Å². The number of benzene rings is 1. The molecule has 1 atom stereocenters. The van der Waals surface area contributed by atoms with Crippen LogP contribution in [-0.4, -0.2) is 31.1 Å². The molecule has 20 heavy (non-hydrogen) atoms. The lowest BCUT2D eigenvalue weighted by Crippen LogP contribution is -2.37. The van der Waals surface area contributed by atoms with Crippen molar-refractivity contribution in [1.29, 1.82) is 0 Å². The van der Waals surface area contributed by atoms with Crippen LogP contribution >= 0.6 is 0 Å². The number of hydrogen-bond acceptors (Lipinski definition) is 2. The molecule has 1 aromatic carbocycles. The van der Waals surface area contributed by atoms with Crippen molar-refractivity contribution in [2.45, 2.75) is 58.4 Å². The standard InChI is InChI=1S/C18H29NO/c1-14(2)16-9-8-15(3)18(13-16)20-12-10-17-7-5-6-11-19(17)4/h8-9,13-14,17H,5-7,10-12H2,1-4H3. The van der Waals surface area contributed by atoms with Crippen LogP contribution in [0.1, 0.15) is 56.6 Å². The van der Waals surface area contributed by atoms with Gasteiger partial charge in [-0.2, -0.15) is 0 Å². The van der Waals surface area contributed by atoms with Gasteiger partial charge in [0.05, 0.1) is 6.61 Å². The van der Waals surface area contributed by atoms with Gasteiger partial charge in [-0.3, -0.25) is 0 Å². The molecule has 0 aromatic heterocycles. The molecule has 1 aliphatic heterocycles. The second-order valence-electron chi connectivity index (χ2n) is 6.45. The maximum Gasteiger partial charge on any atom is 0.122 e. The van der Waals surface area contributed by atoms with Gasteiger partial charge in [0.2, 0.25) is 0 Å². The van der Waals surface area contributed by atoms with Crippen molar-refractivity contribution in [3.8, 4) is 5.75 Å². The SMILES string of the molecule is Cc1ccc(C(C)C)cc1OCCC1CCCCN1C. The van der Waals surface area contributed by atoms with E-state index in [-0.39, 0.29) is 0 Å². The smallest absolute Gasteiger partial charge is 0.122 e. The highest BCUT2D eigenvalue weighted by Crippen LogP contribution is 2.25. The third kappa shape index (κ3) is 3.99. The van der Waals surface area contributed by atoms with Crippen LogP contribution in [0, 0.1) is 6.92 Å². The van der Waals surface area contributed by atoms with Crippen molar-refractivity contribution < 1.29 is 4.74 Å². The Hall–Kier alpha value is -1.02. The van der Waals surface area contributed by atoms with Crippen LogP contribution in [0.25, 0.3) is 0 Å². The molecular formula is C18H29NO. The summed E-state index contributed by atoms with van der Waals surface area (Å²) in [4.78, 5) is 2.49. The van der Waals surface area contributed by atoms with Gasteiger partial charge in [0.15, 0.2) is 0 Å². The van der Waals surface area contributed by atoms with E-state index in [0.717, 1.165) is 18.8 Å². The quantitative estimate of drug-likeness (QED) is 0.791. The Morgan fingerprint density at radius 1 is 1.30 bits per heavy atom. The summed E-state index contributed by atoms with van der Waals surface area (Å²) in [5.74, 6) is 1.62. The summed E-state index contributed by atoms with van der Waals surface area (Å²) in [5, 5.41) is 0. The largest absolute Gasteiger partial charge is 0.493 e. The highest BCUT2D eigenvalue weighted by molar-refractivity contribution is 5.37. The molecule has 0 amide bonds. The summed E-state index contributed by atoms with van der Waals surface area (Å²) in [6, 6.07) is 7.31. The lowest BCUT2D eigenvalue weighted by molar-refractivity contribution is 0.153. The minimum atomic E-state index is 0.558. The molecule has 1 aliphatic rings. The molecule has 0 saturated carbocycles. The maximum absolute atomic E-state index is 6.05. The van der Waals surface area contributed by atoms with Gasteiger partial charge in [0.1, 0.15) is 5.75 Å². The number of likely N-dealkylation sites (tertiary alicyclic amines) is 1. The molecule has 2 nitrogen and oxygen atoms in total. The fourth-order valence-electron chi connectivity index (χ4n) is 2.95. The molecule has 0 radical (unpaired) electrons. The van der Waals surface area contributed by atoms with Gasteiger partial charge in [-0.25, -0.2) is 0 Å². The van der Waals surface area contributed by atoms with Gasteiger partial charge in [-0.05, 0) is 62.9 Å². The van der Waals surface area contributed by atoms with Crippen LogP contribution in [0.2, 0.25) is 0 Å². The van der Waals surface area contributed by atoms with Gasteiger partial charge >= 0.3 is 0 Å². The Morgan fingerprint density at radius 2 is 2.10 bits per heavy atom. The molecule has 1 saturated heterocycles. The van der Waals surface area contributed by atoms with E-state index < -0.39 is 0 Å². The Kier molecular flexibility index (Phi) is 5.47. The molecule has 1 aromatic rings. The topological polar surface area (TPSA) is 12.5 Å². The zero-order chi connectivity index (χ0) is 14.5. The van der Waals surface area contributed by atoms with Crippen molar-refractivity contribution in [1.82, 2.24) is 4.90 Å². The van der Waals surface area contributed by atoms with Crippen molar-refractivity contribution in [3.63, 3.8) is 0 Å². The van der Waals surface area contributed by atoms with E-state index in [1.54, 1.807) is 0 Å². The molecule has 1 fully saturated rings. The lowest BCUT2D eigenvalue weighted by Gasteiger charge is -2.32. The monoisotopic (exact) mass is 275 g/mol. The molecule has 0 spiro atoms. The van der Waals surface area contributed by atoms with Gasteiger partial charge in [0, 0.05) is 6.04 Å². The zero-order valence-corrected chi connectivity index (χ0v) is 13.5. The first kappa shape index (κ1) is 15.4. The first-order valence-corrected chi connectivity index (χ1v) is 8.01. The van der Waals surface area contributed by atoms with Gasteiger partial charge in [0.25, 0.3) is 0 Å². The predicted octanol–water partition coefficient (Wildman–Crippen LogP) is 4.37. The highest BCUT2D eigenvalue weighted by Gasteiger charge is 2.18. The van der Waals surface area contributed by atoms with Gasteiger partial charge in [-0.15, -0.1) is 0 Å². The molecule has 1 unspecified atom stereocenters. The number of piperidine rings is 1. The van der Waals surface area contributed by atoms with E-state index in [4.69, 9.17) is 4.74 Å². The number of aryl methyl sites for hydroxylation is 1. The molecule has 0 N–H and O–H groups in total. The summed E-state index contributed by atoms with van der Waals surface area (Å²) in [5.41, 5.74) is 2.60. The fourth-order valence-corrected chi connectivity index (χ4v) is 2.95. The third-order valence-electron chi connectivity index (χ3n) is 4.51. The van der Waals surface area contributed by atoms with E-state index in [0.29, 0.717) is 12.0 Å². The number of rotatable bonds is 5. The van der Waals surface area contributed by atoms with E-state index in [2.05, 4.69) is 50.9 Å². The van der Waals surface area contributed by atoms with Crippen molar-refractivity contribution in [2.75, 3.05) is 20.2 Å². The molecule has 0 aliphatic carbocycles. The Morgan fingerprint density at radius 3 is 2.80 bits per heavy atom. The minimum Gasteiger partial charge on any atom is -0.493 e. The van der Waals surface area contributed by atoms with Crippen LogP contribution in [0.4, 0.5) is 0 Å². The van der Waals surface area contributed by atoms with E-state index in [1.165, 1.54) is 36.9 Å². The molecule has 0 bridgehead atoms. The Balaban J connectivity index is 1.88. The fraction of sp³-hybridized carbons (Fsp3) is 0.667. The van der Waals surface area contributed by atoms with Crippen molar-refractivity contribution >= 4 is 0 Å². The highest BCUT2D eigenvalue weighted by atomic mass is 16.5. The number of hydrogen-bond donors (Lipinski definition) is 0. The summed E-state index contributed by atoms with van der Waals surface area (Å²) in [6.45, 7) is 8.66. The molecule has 2 rings (SSSR count). The van der Waals surface area contributed by atoms with Gasteiger partial charge in [-0.1, -0.05) is 32.4 Å². The summed E-state index contributed by atoms with van der Waals surface area (Å²) in [6.07, 6.45) is 5.19. The number of ether oxygens (including phenoxy) is 1. The molecule has 2 heteroatoms. The summed E-state index contributed by atoms with van der Waals surface area (Å²) >= 11 is 0. The summed E-state index contributed by atoms with van der Waals surface area (Å²) < 4.78 is 6.05. The van der Waals surface area contributed by atoms with Crippen LogP contribution in [0.15, 0.2) is 18.2 Å².